The lowest BCUT2D eigenvalue weighted by atomic mass is 10.1. The van der Waals surface area contributed by atoms with Gasteiger partial charge in [-0.2, -0.15) is 0 Å². The van der Waals surface area contributed by atoms with E-state index in [9.17, 15) is 4.79 Å². The van der Waals surface area contributed by atoms with E-state index in [1.54, 1.807) is 11.3 Å². The van der Waals surface area contributed by atoms with E-state index in [2.05, 4.69) is 43.0 Å². The molecule has 2 aromatic carbocycles. The molecular weight excluding hydrogens is 366 g/mol. The molecule has 0 spiro atoms. The van der Waals surface area contributed by atoms with Crippen LogP contribution in [0.3, 0.4) is 0 Å². The van der Waals surface area contributed by atoms with Gasteiger partial charge >= 0.3 is 0 Å². The van der Waals surface area contributed by atoms with Crippen molar-refractivity contribution in [2.24, 2.45) is 0 Å². The average molecular weight is 392 g/mol. The summed E-state index contributed by atoms with van der Waals surface area (Å²) in [6.07, 6.45) is 0.565. The number of aromatic nitrogens is 2. The third-order valence-corrected chi connectivity index (χ3v) is 6.35. The Bertz CT molecular complexity index is 1140. The lowest BCUT2D eigenvalue weighted by Crippen LogP contribution is -2.32. The topological polar surface area (TPSA) is 38.1 Å². The molecule has 0 saturated heterocycles. The Balaban J connectivity index is 1.86. The van der Waals surface area contributed by atoms with Gasteiger partial charge in [0, 0.05) is 29.6 Å². The van der Waals surface area contributed by atoms with Gasteiger partial charge in [-0.1, -0.05) is 62.4 Å². The van der Waals surface area contributed by atoms with Gasteiger partial charge in [-0.3, -0.25) is 4.79 Å². The Morgan fingerprint density at radius 1 is 1.00 bits per heavy atom. The van der Waals surface area contributed by atoms with E-state index in [0.29, 0.717) is 18.7 Å². The standard InChI is InChI=1S/C23H25N3OS/c1-3-25(4-2)14-15-26-21-18-12-8-9-13-20(18)28-22(21)24-19(23(26)27)16-17-10-6-5-7-11-17/h5-13H,3-4,14-16H2,1-2H3. The molecule has 4 nitrogen and oxygen atoms in total. The highest BCUT2D eigenvalue weighted by Gasteiger charge is 2.16. The average Bonchev–Trinajstić information content (AvgIpc) is 3.09. The Labute approximate surface area is 169 Å². The molecule has 5 heteroatoms. The fourth-order valence-electron chi connectivity index (χ4n) is 3.68. The van der Waals surface area contributed by atoms with Gasteiger partial charge in [-0.05, 0) is 24.7 Å². The maximum atomic E-state index is 13.4. The first-order valence-electron chi connectivity index (χ1n) is 9.88. The molecule has 0 bridgehead atoms. The quantitative estimate of drug-likeness (QED) is 0.464. The van der Waals surface area contributed by atoms with Gasteiger partial charge in [-0.25, -0.2) is 4.98 Å². The lowest BCUT2D eigenvalue weighted by Gasteiger charge is -2.19. The second kappa shape index (κ2) is 8.25. The first-order valence-corrected chi connectivity index (χ1v) is 10.7. The summed E-state index contributed by atoms with van der Waals surface area (Å²) in [5, 5.41) is 1.12. The van der Waals surface area contributed by atoms with E-state index in [0.717, 1.165) is 40.9 Å². The second-order valence-corrected chi connectivity index (χ2v) is 7.99. The number of benzene rings is 2. The summed E-state index contributed by atoms with van der Waals surface area (Å²) in [6, 6.07) is 18.4. The molecule has 0 aliphatic carbocycles. The summed E-state index contributed by atoms with van der Waals surface area (Å²) in [5.41, 5.74) is 2.76. The fraction of sp³-hybridized carbons (Fsp3) is 0.304. The van der Waals surface area contributed by atoms with Crippen molar-refractivity contribution in [1.82, 2.24) is 14.5 Å². The zero-order valence-corrected chi connectivity index (χ0v) is 17.2. The molecule has 144 valence electrons. The van der Waals surface area contributed by atoms with Gasteiger partial charge < -0.3 is 9.47 Å². The third kappa shape index (κ3) is 3.60. The SMILES string of the molecule is CCN(CC)CCn1c(=O)c(Cc2ccccc2)nc2sc3ccccc3c21. The van der Waals surface area contributed by atoms with E-state index in [1.165, 1.54) is 4.70 Å². The molecule has 0 unspecified atom stereocenters. The van der Waals surface area contributed by atoms with Crippen LogP contribution in [0.4, 0.5) is 0 Å². The van der Waals surface area contributed by atoms with Crippen LogP contribution in [-0.2, 0) is 13.0 Å². The minimum atomic E-state index is 0.0343. The number of nitrogens with zero attached hydrogens (tertiary/aromatic N) is 3. The van der Waals surface area contributed by atoms with Crippen molar-refractivity contribution in [3.8, 4) is 0 Å². The van der Waals surface area contributed by atoms with Crippen molar-refractivity contribution in [2.75, 3.05) is 19.6 Å². The van der Waals surface area contributed by atoms with Crippen LogP contribution in [-0.4, -0.2) is 34.1 Å². The number of rotatable bonds is 7. The molecule has 4 rings (SSSR count). The van der Waals surface area contributed by atoms with Gasteiger partial charge in [0.1, 0.15) is 10.5 Å². The summed E-state index contributed by atoms with van der Waals surface area (Å²) < 4.78 is 3.13. The van der Waals surface area contributed by atoms with Crippen molar-refractivity contribution in [2.45, 2.75) is 26.8 Å². The summed E-state index contributed by atoms with van der Waals surface area (Å²) in [6.45, 7) is 7.84. The number of likely N-dealkylation sites (N-methyl/N-ethyl adjacent to an activating group) is 1. The molecule has 2 aromatic heterocycles. The summed E-state index contributed by atoms with van der Waals surface area (Å²) in [7, 11) is 0. The van der Waals surface area contributed by atoms with Crippen LogP contribution in [0.2, 0.25) is 0 Å². The molecular formula is C23H25N3OS. The first kappa shape index (κ1) is 18.8. The zero-order chi connectivity index (χ0) is 19.5. The molecule has 0 aliphatic rings. The summed E-state index contributed by atoms with van der Waals surface area (Å²) in [4.78, 5) is 21.5. The zero-order valence-electron chi connectivity index (χ0n) is 16.4. The molecule has 0 radical (unpaired) electrons. The Morgan fingerprint density at radius 3 is 2.46 bits per heavy atom. The van der Waals surface area contributed by atoms with Crippen molar-refractivity contribution in [3.05, 3.63) is 76.2 Å². The predicted molar refractivity (Wildman–Crippen MR) is 118 cm³/mol. The van der Waals surface area contributed by atoms with Crippen molar-refractivity contribution in [3.63, 3.8) is 0 Å². The van der Waals surface area contributed by atoms with Crippen molar-refractivity contribution in [1.29, 1.82) is 0 Å². The third-order valence-electron chi connectivity index (χ3n) is 5.30. The molecule has 2 heterocycles. The van der Waals surface area contributed by atoms with Gasteiger partial charge in [0.25, 0.3) is 5.56 Å². The van der Waals surface area contributed by atoms with E-state index in [-0.39, 0.29) is 5.56 Å². The predicted octanol–water partition coefficient (Wildman–Crippen LogP) is 4.54. The number of thiophene rings is 1. The monoisotopic (exact) mass is 391 g/mol. The van der Waals surface area contributed by atoms with Crippen LogP contribution in [0.25, 0.3) is 20.4 Å². The van der Waals surface area contributed by atoms with Crippen LogP contribution in [0.1, 0.15) is 25.1 Å². The maximum absolute atomic E-state index is 13.4. The minimum Gasteiger partial charge on any atom is -0.303 e. The van der Waals surface area contributed by atoms with Crippen molar-refractivity contribution < 1.29 is 0 Å². The fourth-order valence-corrected chi connectivity index (χ4v) is 4.78. The minimum absolute atomic E-state index is 0.0343. The summed E-state index contributed by atoms with van der Waals surface area (Å²) in [5.74, 6) is 0. The molecule has 0 saturated carbocycles. The van der Waals surface area contributed by atoms with Crippen LogP contribution in [0.15, 0.2) is 59.4 Å². The molecule has 28 heavy (non-hydrogen) atoms. The van der Waals surface area contributed by atoms with Gasteiger partial charge in [0.15, 0.2) is 0 Å². The highest BCUT2D eigenvalue weighted by atomic mass is 32.1. The lowest BCUT2D eigenvalue weighted by molar-refractivity contribution is 0.290. The Hall–Kier alpha value is -2.50. The molecule has 0 atom stereocenters. The van der Waals surface area contributed by atoms with Gasteiger partial charge in [0.05, 0.1) is 5.52 Å². The molecule has 0 N–H and O–H groups in total. The molecule has 4 aromatic rings. The van der Waals surface area contributed by atoms with Gasteiger partial charge in [-0.15, -0.1) is 11.3 Å². The number of hydrogen-bond acceptors (Lipinski definition) is 4. The highest BCUT2D eigenvalue weighted by molar-refractivity contribution is 7.25. The second-order valence-electron chi connectivity index (χ2n) is 6.96. The number of fused-ring (bicyclic) bond motifs is 3. The van der Waals surface area contributed by atoms with Crippen LogP contribution in [0, 0.1) is 0 Å². The van der Waals surface area contributed by atoms with Crippen LogP contribution >= 0.6 is 11.3 Å². The molecule has 0 amide bonds. The Morgan fingerprint density at radius 2 is 1.71 bits per heavy atom. The smallest absolute Gasteiger partial charge is 0.273 e. The molecule has 0 aliphatic heterocycles. The largest absolute Gasteiger partial charge is 0.303 e. The van der Waals surface area contributed by atoms with E-state index < -0.39 is 0 Å². The highest BCUT2D eigenvalue weighted by Crippen LogP contribution is 2.31. The Kier molecular flexibility index (Phi) is 5.55. The summed E-state index contributed by atoms with van der Waals surface area (Å²) >= 11 is 1.67. The first-order chi connectivity index (χ1) is 13.7. The van der Waals surface area contributed by atoms with E-state index >= 15 is 0 Å². The maximum Gasteiger partial charge on any atom is 0.273 e. The van der Waals surface area contributed by atoms with E-state index in [1.807, 2.05) is 34.9 Å². The number of hydrogen-bond donors (Lipinski definition) is 0. The van der Waals surface area contributed by atoms with E-state index in [4.69, 9.17) is 4.98 Å². The van der Waals surface area contributed by atoms with Crippen molar-refractivity contribution >= 4 is 31.8 Å². The molecule has 0 fully saturated rings. The normalized spacial score (nSPS) is 11.7. The van der Waals surface area contributed by atoms with Crippen LogP contribution < -0.4 is 5.56 Å². The van der Waals surface area contributed by atoms with Gasteiger partial charge in [0.2, 0.25) is 0 Å². The van der Waals surface area contributed by atoms with Crippen LogP contribution in [0.5, 0.6) is 0 Å².